The van der Waals surface area contributed by atoms with Gasteiger partial charge < -0.3 is 9.15 Å². The molecule has 9 heteroatoms. The van der Waals surface area contributed by atoms with Crippen LogP contribution in [0.1, 0.15) is 21.7 Å². The van der Waals surface area contributed by atoms with Gasteiger partial charge in [0.25, 0.3) is 5.91 Å². The van der Waals surface area contributed by atoms with Crippen LogP contribution in [0.2, 0.25) is 0 Å². The molecule has 1 aromatic heterocycles. The molecule has 0 radical (unpaired) electrons. The van der Waals surface area contributed by atoms with Gasteiger partial charge in [0.1, 0.15) is 11.3 Å². The maximum absolute atomic E-state index is 12.7. The van der Waals surface area contributed by atoms with Crippen LogP contribution in [-0.2, 0) is 11.0 Å². The molecule has 0 unspecified atom stereocenters. The summed E-state index contributed by atoms with van der Waals surface area (Å²) in [5, 5.41) is 0.770. The zero-order valence-corrected chi connectivity index (χ0v) is 14.6. The Morgan fingerprint density at radius 3 is 2.54 bits per heavy atom. The number of hydrogen-bond donors (Lipinski definition) is 2. The number of benzene rings is 2. The van der Waals surface area contributed by atoms with Gasteiger partial charge in [-0.25, -0.2) is 0 Å². The van der Waals surface area contributed by atoms with E-state index in [2.05, 4.69) is 10.9 Å². The highest BCUT2D eigenvalue weighted by Gasteiger charge is 2.30. The predicted octanol–water partition coefficient (Wildman–Crippen LogP) is 3.60. The predicted molar refractivity (Wildman–Crippen MR) is 93.5 cm³/mol. The minimum absolute atomic E-state index is 0.0419. The first-order valence-electron chi connectivity index (χ1n) is 8.13. The van der Waals surface area contributed by atoms with E-state index in [1.54, 1.807) is 31.2 Å². The van der Waals surface area contributed by atoms with Gasteiger partial charge in [-0.1, -0.05) is 24.3 Å². The lowest BCUT2D eigenvalue weighted by atomic mass is 10.1. The molecule has 1 heterocycles. The summed E-state index contributed by atoms with van der Waals surface area (Å²) < 4.78 is 48.5. The van der Waals surface area contributed by atoms with E-state index in [-0.39, 0.29) is 11.5 Å². The van der Waals surface area contributed by atoms with E-state index >= 15 is 0 Å². The normalized spacial score (nSPS) is 11.3. The molecule has 0 aliphatic rings. The number of para-hydroxylation sites is 1. The highest BCUT2D eigenvalue weighted by atomic mass is 19.4. The summed E-state index contributed by atoms with van der Waals surface area (Å²) in [6.45, 7) is 1.13. The maximum Gasteiger partial charge on any atom is 0.416 e. The molecule has 2 amide bonds. The highest BCUT2D eigenvalue weighted by Crippen LogP contribution is 2.31. The molecule has 0 saturated carbocycles. The van der Waals surface area contributed by atoms with E-state index in [1.807, 2.05) is 0 Å². The van der Waals surface area contributed by atoms with Gasteiger partial charge in [-0.15, -0.1) is 0 Å². The average molecular weight is 392 g/mol. The fraction of sp³-hybridized carbons (Fsp3) is 0.158. The zero-order valence-electron chi connectivity index (χ0n) is 14.6. The number of hydrogen-bond acceptors (Lipinski definition) is 4. The molecule has 6 nitrogen and oxygen atoms in total. The van der Waals surface area contributed by atoms with Crippen LogP contribution < -0.4 is 15.6 Å². The molecule has 0 aliphatic carbocycles. The second-order valence-corrected chi connectivity index (χ2v) is 5.87. The monoisotopic (exact) mass is 392 g/mol. The molecule has 0 spiro atoms. The number of rotatable bonds is 4. The van der Waals surface area contributed by atoms with Crippen LogP contribution in [0, 0.1) is 6.92 Å². The number of aryl methyl sites for hydroxylation is 1. The molecule has 28 heavy (non-hydrogen) atoms. The topological polar surface area (TPSA) is 80.6 Å². The first-order chi connectivity index (χ1) is 13.3. The number of carbonyl (C=O) groups is 2. The third-order valence-electron chi connectivity index (χ3n) is 3.90. The van der Waals surface area contributed by atoms with Crippen LogP contribution in [0.25, 0.3) is 11.0 Å². The molecule has 0 fully saturated rings. The lowest BCUT2D eigenvalue weighted by Crippen LogP contribution is -2.43. The summed E-state index contributed by atoms with van der Waals surface area (Å²) in [4.78, 5) is 24.0. The Labute approximate surface area is 157 Å². The molecule has 2 aromatic carbocycles. The standard InChI is InChI=1S/C19H15F3N2O4/c1-11-14-7-2-3-8-15(14)28-17(11)18(26)24-23-16(25)10-27-13-6-4-5-12(9-13)19(20,21)22/h2-9H,10H2,1H3,(H,23,25)(H,24,26). The molecular formula is C19H15F3N2O4. The van der Waals surface area contributed by atoms with Gasteiger partial charge in [-0.2, -0.15) is 13.2 Å². The number of fused-ring (bicyclic) bond motifs is 1. The average Bonchev–Trinajstić information content (AvgIpc) is 3.01. The highest BCUT2D eigenvalue weighted by molar-refractivity contribution is 5.99. The minimum atomic E-state index is -4.51. The van der Waals surface area contributed by atoms with Gasteiger partial charge >= 0.3 is 12.1 Å². The van der Waals surface area contributed by atoms with Gasteiger partial charge in [0.05, 0.1) is 5.56 Å². The molecule has 0 aliphatic heterocycles. The van der Waals surface area contributed by atoms with Gasteiger partial charge in [-0.05, 0) is 31.2 Å². The summed E-state index contributed by atoms with van der Waals surface area (Å²) in [5.41, 5.74) is 4.56. The van der Waals surface area contributed by atoms with E-state index < -0.39 is 30.2 Å². The van der Waals surface area contributed by atoms with Crippen molar-refractivity contribution < 1.29 is 31.9 Å². The van der Waals surface area contributed by atoms with E-state index in [0.717, 1.165) is 17.5 Å². The Morgan fingerprint density at radius 1 is 1.07 bits per heavy atom. The molecule has 0 bridgehead atoms. The van der Waals surface area contributed by atoms with Crippen molar-refractivity contribution in [3.63, 3.8) is 0 Å². The van der Waals surface area contributed by atoms with Crippen molar-refractivity contribution in [2.75, 3.05) is 6.61 Å². The lowest BCUT2D eigenvalue weighted by molar-refractivity contribution is -0.137. The first kappa shape index (κ1) is 19.3. The molecule has 3 aromatic rings. The van der Waals surface area contributed by atoms with Crippen molar-refractivity contribution in [2.45, 2.75) is 13.1 Å². The van der Waals surface area contributed by atoms with Crippen molar-refractivity contribution in [1.29, 1.82) is 0 Å². The Morgan fingerprint density at radius 2 is 1.82 bits per heavy atom. The summed E-state index contributed by atoms with van der Waals surface area (Å²) in [6.07, 6.45) is -4.51. The number of nitrogens with one attached hydrogen (secondary N) is 2. The Hall–Kier alpha value is -3.49. The summed E-state index contributed by atoms with van der Waals surface area (Å²) in [6, 6.07) is 11.2. The van der Waals surface area contributed by atoms with Crippen molar-refractivity contribution in [2.24, 2.45) is 0 Å². The van der Waals surface area contributed by atoms with Crippen LogP contribution >= 0.6 is 0 Å². The number of ether oxygens (including phenoxy) is 1. The molecular weight excluding hydrogens is 377 g/mol. The van der Waals surface area contributed by atoms with E-state index in [9.17, 15) is 22.8 Å². The van der Waals surface area contributed by atoms with Crippen molar-refractivity contribution >= 4 is 22.8 Å². The van der Waals surface area contributed by atoms with Crippen molar-refractivity contribution in [3.8, 4) is 5.75 Å². The molecule has 146 valence electrons. The SMILES string of the molecule is Cc1c(C(=O)NNC(=O)COc2cccc(C(F)(F)F)c2)oc2ccccc12. The van der Waals surface area contributed by atoms with Crippen molar-refractivity contribution in [3.05, 3.63) is 65.4 Å². The third-order valence-corrected chi connectivity index (χ3v) is 3.90. The van der Waals surface area contributed by atoms with Crippen LogP contribution in [0.3, 0.4) is 0 Å². The van der Waals surface area contributed by atoms with Gasteiger partial charge in [0.2, 0.25) is 0 Å². The molecule has 0 atom stereocenters. The summed E-state index contributed by atoms with van der Waals surface area (Å²) >= 11 is 0. The summed E-state index contributed by atoms with van der Waals surface area (Å²) in [7, 11) is 0. The number of furan rings is 1. The minimum Gasteiger partial charge on any atom is -0.484 e. The molecule has 3 rings (SSSR count). The van der Waals surface area contributed by atoms with Crippen LogP contribution in [-0.4, -0.2) is 18.4 Å². The lowest BCUT2D eigenvalue weighted by Gasteiger charge is -2.10. The Kier molecular flexibility index (Phi) is 5.25. The van der Waals surface area contributed by atoms with E-state index in [1.165, 1.54) is 12.1 Å². The second kappa shape index (κ2) is 7.63. The van der Waals surface area contributed by atoms with E-state index in [4.69, 9.17) is 9.15 Å². The first-order valence-corrected chi connectivity index (χ1v) is 8.13. The third kappa shape index (κ3) is 4.25. The van der Waals surface area contributed by atoms with Crippen molar-refractivity contribution in [1.82, 2.24) is 10.9 Å². The summed E-state index contributed by atoms with van der Waals surface area (Å²) in [5.74, 6) is -1.50. The fourth-order valence-electron chi connectivity index (χ4n) is 2.52. The zero-order chi connectivity index (χ0) is 20.3. The largest absolute Gasteiger partial charge is 0.484 e. The van der Waals surface area contributed by atoms with E-state index in [0.29, 0.717) is 11.1 Å². The smallest absolute Gasteiger partial charge is 0.416 e. The maximum atomic E-state index is 12.7. The van der Waals surface area contributed by atoms with Crippen LogP contribution in [0.15, 0.2) is 52.9 Å². The second-order valence-electron chi connectivity index (χ2n) is 5.87. The molecule has 2 N–H and O–H groups in total. The number of amides is 2. The quantitative estimate of drug-likeness (QED) is 0.665. The van der Waals surface area contributed by atoms with Gasteiger partial charge in [0, 0.05) is 10.9 Å². The Balaban J connectivity index is 1.55. The van der Waals surface area contributed by atoms with Crippen LogP contribution in [0.5, 0.6) is 5.75 Å². The fourth-order valence-corrected chi connectivity index (χ4v) is 2.52. The van der Waals surface area contributed by atoms with Gasteiger partial charge in [0.15, 0.2) is 12.4 Å². The number of halogens is 3. The van der Waals surface area contributed by atoms with Gasteiger partial charge in [-0.3, -0.25) is 20.4 Å². The number of carbonyl (C=O) groups excluding carboxylic acids is 2. The Bertz CT molecular complexity index is 1030. The number of alkyl halides is 3. The molecule has 0 saturated heterocycles. The number of hydrazine groups is 1. The van der Waals surface area contributed by atoms with Crippen LogP contribution in [0.4, 0.5) is 13.2 Å².